The lowest BCUT2D eigenvalue weighted by atomic mass is 10.0. The normalized spacial score (nSPS) is 12.3. The summed E-state index contributed by atoms with van der Waals surface area (Å²) in [7, 11) is 3.83. The van der Waals surface area contributed by atoms with Gasteiger partial charge in [0.25, 0.3) is 0 Å². The first-order chi connectivity index (χ1) is 11.2. The fraction of sp³-hybridized carbons (Fsp3) is 0.200. The Morgan fingerprint density at radius 3 is 2.48 bits per heavy atom. The van der Waals surface area contributed by atoms with Gasteiger partial charge in [-0.25, -0.2) is 0 Å². The number of hydrogen-bond acceptors (Lipinski definition) is 2. The first-order valence-corrected chi connectivity index (χ1v) is 7.82. The summed E-state index contributed by atoms with van der Waals surface area (Å²) >= 11 is 0. The summed E-state index contributed by atoms with van der Waals surface area (Å²) < 4.78 is 5.43. The molecule has 0 radical (unpaired) electrons. The number of fused-ring (bicyclic) bond motifs is 1. The van der Waals surface area contributed by atoms with Gasteiger partial charge in [0.15, 0.2) is 0 Å². The van der Waals surface area contributed by atoms with E-state index >= 15 is 0 Å². The molecule has 3 rings (SSSR count). The van der Waals surface area contributed by atoms with Crippen molar-refractivity contribution in [2.45, 2.75) is 13.1 Å². The molecule has 0 amide bonds. The minimum Gasteiger partial charge on any atom is -0.507 e. The molecule has 0 heterocycles. The van der Waals surface area contributed by atoms with Crippen LogP contribution in [-0.4, -0.2) is 19.3 Å². The lowest BCUT2D eigenvalue weighted by Crippen LogP contribution is -3.06. The zero-order valence-electron chi connectivity index (χ0n) is 13.5. The highest BCUT2D eigenvalue weighted by Gasteiger charge is 2.14. The van der Waals surface area contributed by atoms with Gasteiger partial charge in [-0.3, -0.25) is 0 Å². The van der Waals surface area contributed by atoms with Gasteiger partial charge in [0, 0.05) is 5.56 Å². The quantitative estimate of drug-likeness (QED) is 0.760. The summed E-state index contributed by atoms with van der Waals surface area (Å²) in [4.78, 5) is 1.29. The molecule has 0 aromatic heterocycles. The van der Waals surface area contributed by atoms with Gasteiger partial charge in [-0.1, -0.05) is 42.5 Å². The monoisotopic (exact) mass is 308 g/mol. The third-order valence-electron chi connectivity index (χ3n) is 4.18. The van der Waals surface area contributed by atoms with Gasteiger partial charge in [-0.2, -0.15) is 0 Å². The molecular formula is C20H22NO2+. The lowest BCUT2D eigenvalue weighted by Gasteiger charge is -2.18. The Bertz CT molecular complexity index is 814. The summed E-state index contributed by atoms with van der Waals surface area (Å²) in [6.07, 6.45) is 0. The third kappa shape index (κ3) is 3.30. The molecule has 3 aromatic rings. The maximum atomic E-state index is 10.3. The zero-order chi connectivity index (χ0) is 16.2. The van der Waals surface area contributed by atoms with E-state index in [1.54, 1.807) is 13.2 Å². The van der Waals surface area contributed by atoms with Crippen LogP contribution >= 0.6 is 0 Å². The minimum absolute atomic E-state index is 0.364. The number of ether oxygens (including phenoxy) is 1. The topological polar surface area (TPSA) is 33.9 Å². The summed E-state index contributed by atoms with van der Waals surface area (Å²) in [5.41, 5.74) is 2.17. The molecule has 0 aliphatic heterocycles. The predicted octanol–water partition coefficient (Wildman–Crippen LogP) is 2.77. The van der Waals surface area contributed by atoms with Crippen molar-refractivity contribution < 1.29 is 14.7 Å². The van der Waals surface area contributed by atoms with E-state index in [0.717, 1.165) is 35.2 Å². The number of methoxy groups -OCH3 is 1. The smallest absolute Gasteiger partial charge is 0.127 e. The Kier molecular flexibility index (Phi) is 4.49. The van der Waals surface area contributed by atoms with Gasteiger partial charge in [0.1, 0.15) is 24.6 Å². The first kappa shape index (κ1) is 15.4. The fourth-order valence-corrected chi connectivity index (χ4v) is 3.05. The molecule has 1 atom stereocenters. The maximum absolute atomic E-state index is 10.3. The molecule has 3 heteroatoms. The average Bonchev–Trinajstić information content (AvgIpc) is 2.58. The van der Waals surface area contributed by atoms with E-state index in [1.165, 1.54) is 10.5 Å². The van der Waals surface area contributed by atoms with E-state index in [9.17, 15) is 5.11 Å². The van der Waals surface area contributed by atoms with E-state index in [0.29, 0.717) is 5.75 Å². The van der Waals surface area contributed by atoms with Crippen LogP contribution in [0.3, 0.4) is 0 Å². The summed E-state index contributed by atoms with van der Waals surface area (Å²) in [6, 6.07) is 20.0. The van der Waals surface area contributed by atoms with E-state index < -0.39 is 0 Å². The lowest BCUT2D eigenvalue weighted by molar-refractivity contribution is -0.907. The number of quaternary nitrogens is 1. The van der Waals surface area contributed by atoms with Gasteiger partial charge < -0.3 is 14.7 Å². The molecule has 0 saturated carbocycles. The van der Waals surface area contributed by atoms with Crippen LogP contribution in [0.4, 0.5) is 0 Å². The molecule has 23 heavy (non-hydrogen) atoms. The van der Waals surface area contributed by atoms with Crippen molar-refractivity contribution in [2.24, 2.45) is 0 Å². The molecule has 3 nitrogen and oxygen atoms in total. The second-order valence-electron chi connectivity index (χ2n) is 5.91. The van der Waals surface area contributed by atoms with Crippen LogP contribution in [0.15, 0.2) is 60.7 Å². The molecule has 0 saturated heterocycles. The van der Waals surface area contributed by atoms with Gasteiger partial charge in [-0.15, -0.1) is 0 Å². The molecule has 0 aliphatic rings. The SMILES string of the molecule is COc1ccccc1C[NH+](C)Cc1c(O)ccc2ccccc12. The molecule has 0 bridgehead atoms. The number of benzene rings is 3. The summed E-state index contributed by atoms with van der Waals surface area (Å²) in [5, 5.41) is 12.6. The second-order valence-corrected chi connectivity index (χ2v) is 5.91. The molecule has 0 fully saturated rings. The highest BCUT2D eigenvalue weighted by molar-refractivity contribution is 5.87. The fourth-order valence-electron chi connectivity index (χ4n) is 3.05. The van der Waals surface area contributed by atoms with Crippen molar-refractivity contribution in [3.05, 3.63) is 71.8 Å². The van der Waals surface area contributed by atoms with Crippen LogP contribution in [-0.2, 0) is 13.1 Å². The van der Waals surface area contributed by atoms with Crippen LogP contribution in [0.5, 0.6) is 11.5 Å². The van der Waals surface area contributed by atoms with Crippen LogP contribution in [0.1, 0.15) is 11.1 Å². The molecule has 1 unspecified atom stereocenters. The van der Waals surface area contributed by atoms with Gasteiger partial charge in [0.2, 0.25) is 0 Å². The number of aromatic hydroxyl groups is 1. The first-order valence-electron chi connectivity index (χ1n) is 7.82. The summed E-state index contributed by atoms with van der Waals surface area (Å²) in [5.74, 6) is 1.28. The number of phenols is 1. The number of phenolic OH excluding ortho intramolecular Hbond substituents is 1. The molecule has 2 N–H and O–H groups in total. The molecule has 118 valence electrons. The van der Waals surface area contributed by atoms with Crippen molar-refractivity contribution in [3.8, 4) is 11.5 Å². The second kappa shape index (κ2) is 6.71. The molecule has 3 aromatic carbocycles. The van der Waals surface area contributed by atoms with Gasteiger partial charge in [0.05, 0.1) is 19.7 Å². The van der Waals surface area contributed by atoms with Crippen LogP contribution in [0, 0.1) is 0 Å². The van der Waals surface area contributed by atoms with Crippen LogP contribution < -0.4 is 9.64 Å². The van der Waals surface area contributed by atoms with Crippen molar-refractivity contribution in [2.75, 3.05) is 14.2 Å². The van der Waals surface area contributed by atoms with Crippen LogP contribution in [0.25, 0.3) is 10.8 Å². The molecule has 0 spiro atoms. The van der Waals surface area contributed by atoms with E-state index in [-0.39, 0.29) is 0 Å². The van der Waals surface area contributed by atoms with E-state index in [2.05, 4.69) is 25.2 Å². The Hall–Kier alpha value is -2.52. The highest BCUT2D eigenvalue weighted by Crippen LogP contribution is 2.26. The Morgan fingerprint density at radius 2 is 1.65 bits per heavy atom. The van der Waals surface area contributed by atoms with Crippen molar-refractivity contribution in [3.63, 3.8) is 0 Å². The van der Waals surface area contributed by atoms with Crippen molar-refractivity contribution >= 4 is 10.8 Å². The Morgan fingerprint density at radius 1 is 0.913 bits per heavy atom. The van der Waals surface area contributed by atoms with E-state index in [4.69, 9.17) is 4.74 Å². The van der Waals surface area contributed by atoms with Crippen molar-refractivity contribution in [1.82, 2.24) is 0 Å². The number of hydrogen-bond donors (Lipinski definition) is 2. The van der Waals surface area contributed by atoms with E-state index in [1.807, 2.05) is 36.4 Å². The Balaban J connectivity index is 1.86. The highest BCUT2D eigenvalue weighted by atomic mass is 16.5. The third-order valence-corrected chi connectivity index (χ3v) is 4.18. The predicted molar refractivity (Wildman–Crippen MR) is 92.9 cm³/mol. The van der Waals surface area contributed by atoms with Gasteiger partial charge >= 0.3 is 0 Å². The largest absolute Gasteiger partial charge is 0.507 e. The van der Waals surface area contributed by atoms with Crippen LogP contribution in [0.2, 0.25) is 0 Å². The average molecular weight is 308 g/mol. The maximum Gasteiger partial charge on any atom is 0.127 e. The molecule has 0 aliphatic carbocycles. The number of para-hydroxylation sites is 1. The number of nitrogens with one attached hydrogen (secondary N) is 1. The summed E-state index contributed by atoms with van der Waals surface area (Å²) in [6.45, 7) is 1.60. The minimum atomic E-state index is 0.364. The van der Waals surface area contributed by atoms with Gasteiger partial charge in [-0.05, 0) is 29.0 Å². The zero-order valence-corrected chi connectivity index (χ0v) is 13.5. The molecular weight excluding hydrogens is 286 g/mol. The van der Waals surface area contributed by atoms with Crippen molar-refractivity contribution in [1.29, 1.82) is 0 Å². The number of rotatable bonds is 5. The Labute approximate surface area is 136 Å². The standard InChI is InChI=1S/C20H21NO2/c1-21(13-16-8-4-6-10-20(16)23-2)14-18-17-9-5-3-7-15(17)11-12-19(18)22/h3-12,22H,13-14H2,1-2H3/p+1.